The number of imidazole rings is 1. The molecule has 4 nitrogen and oxygen atoms in total. The Balaban J connectivity index is 2.12. The van der Waals surface area contributed by atoms with Crippen LogP contribution in [0.5, 0.6) is 5.75 Å². The number of nitrogens with two attached hydrogens (primary N) is 1. The van der Waals surface area contributed by atoms with Gasteiger partial charge in [-0.2, -0.15) is 0 Å². The van der Waals surface area contributed by atoms with Gasteiger partial charge in [0.25, 0.3) is 0 Å². The van der Waals surface area contributed by atoms with Crippen molar-refractivity contribution in [2.24, 2.45) is 5.73 Å². The van der Waals surface area contributed by atoms with E-state index in [9.17, 15) is 0 Å². The molecule has 0 spiro atoms. The van der Waals surface area contributed by atoms with Crippen LogP contribution in [-0.4, -0.2) is 16.5 Å². The fraction of sp³-hybridized carbons (Fsp3) is 0.278. The summed E-state index contributed by atoms with van der Waals surface area (Å²) >= 11 is 0. The van der Waals surface area contributed by atoms with Crippen molar-refractivity contribution >= 4 is 5.65 Å². The zero-order valence-electron chi connectivity index (χ0n) is 13.2. The molecule has 0 bridgehead atoms. The first-order chi connectivity index (χ1) is 10.6. The molecule has 1 aromatic carbocycles. The highest BCUT2D eigenvalue weighted by molar-refractivity contribution is 5.48. The largest absolute Gasteiger partial charge is 0.496 e. The summed E-state index contributed by atoms with van der Waals surface area (Å²) in [4.78, 5) is 4.79. The highest BCUT2D eigenvalue weighted by atomic mass is 16.5. The molecular formula is C18H21N3O. The van der Waals surface area contributed by atoms with Crippen molar-refractivity contribution in [3.63, 3.8) is 0 Å². The summed E-state index contributed by atoms with van der Waals surface area (Å²) in [7, 11) is 1.69. The lowest BCUT2D eigenvalue weighted by atomic mass is 10.1. The van der Waals surface area contributed by atoms with E-state index in [2.05, 4.69) is 29.5 Å². The van der Waals surface area contributed by atoms with Gasteiger partial charge < -0.3 is 14.9 Å². The number of benzene rings is 1. The van der Waals surface area contributed by atoms with Crippen LogP contribution in [0.2, 0.25) is 0 Å². The lowest BCUT2D eigenvalue weighted by Crippen LogP contribution is -2.11. The van der Waals surface area contributed by atoms with Crippen LogP contribution in [0.4, 0.5) is 0 Å². The number of hydrogen-bond donors (Lipinski definition) is 1. The Morgan fingerprint density at radius 1 is 1.27 bits per heavy atom. The molecule has 0 aliphatic carbocycles. The van der Waals surface area contributed by atoms with Crippen molar-refractivity contribution in [2.45, 2.75) is 26.3 Å². The molecule has 3 rings (SSSR count). The first-order valence-corrected chi connectivity index (χ1v) is 7.45. The van der Waals surface area contributed by atoms with E-state index in [1.165, 1.54) is 5.56 Å². The zero-order chi connectivity index (χ0) is 15.7. The number of nitrogens with zero attached hydrogens (tertiary/aromatic N) is 2. The second-order valence-electron chi connectivity index (χ2n) is 5.65. The van der Waals surface area contributed by atoms with Crippen LogP contribution < -0.4 is 10.5 Å². The monoisotopic (exact) mass is 295 g/mol. The van der Waals surface area contributed by atoms with E-state index in [4.69, 9.17) is 15.5 Å². The first-order valence-electron chi connectivity index (χ1n) is 7.45. The third kappa shape index (κ3) is 2.57. The maximum absolute atomic E-state index is 6.20. The second-order valence-corrected chi connectivity index (χ2v) is 5.65. The number of aryl methyl sites for hydroxylation is 1. The lowest BCUT2D eigenvalue weighted by Gasteiger charge is -2.11. The first kappa shape index (κ1) is 14.6. The molecule has 2 N–H and O–H groups in total. The normalized spacial score (nSPS) is 12.5. The summed E-state index contributed by atoms with van der Waals surface area (Å²) in [5.74, 6) is 0.881. The molecular weight excluding hydrogens is 274 g/mol. The summed E-state index contributed by atoms with van der Waals surface area (Å²) in [5, 5.41) is 0. The van der Waals surface area contributed by atoms with Crippen LogP contribution in [0, 0.1) is 6.92 Å². The van der Waals surface area contributed by atoms with Crippen LogP contribution in [0.1, 0.15) is 35.5 Å². The Morgan fingerprint density at radius 2 is 2.05 bits per heavy atom. The molecule has 1 unspecified atom stereocenters. The van der Waals surface area contributed by atoms with Gasteiger partial charge in [0.2, 0.25) is 0 Å². The minimum absolute atomic E-state index is 0.0811. The number of hydrogen-bond acceptors (Lipinski definition) is 3. The maximum atomic E-state index is 6.20. The molecule has 0 fully saturated rings. The predicted octanol–water partition coefficient (Wildman–Crippen LogP) is 3.26. The van der Waals surface area contributed by atoms with Gasteiger partial charge in [-0.1, -0.05) is 18.2 Å². The molecule has 0 amide bonds. The number of fused-ring (bicyclic) bond motifs is 1. The molecule has 0 aliphatic heterocycles. The summed E-state index contributed by atoms with van der Waals surface area (Å²) in [6.45, 7) is 4.06. The Kier molecular flexibility index (Phi) is 3.86. The zero-order valence-corrected chi connectivity index (χ0v) is 13.2. The highest BCUT2D eigenvalue weighted by Gasteiger charge is 2.17. The minimum atomic E-state index is -0.0811. The van der Waals surface area contributed by atoms with Gasteiger partial charge in [0.05, 0.1) is 18.5 Å². The molecule has 0 saturated carbocycles. The van der Waals surface area contributed by atoms with E-state index in [1.54, 1.807) is 7.11 Å². The van der Waals surface area contributed by atoms with E-state index < -0.39 is 0 Å². The molecule has 0 saturated heterocycles. The minimum Gasteiger partial charge on any atom is -0.496 e. The SMILES string of the molecule is COc1ccccc1Cc1nc2cc(C)ccn2c1C(C)N. The van der Waals surface area contributed by atoms with Crippen molar-refractivity contribution in [3.05, 3.63) is 65.1 Å². The van der Waals surface area contributed by atoms with Crippen LogP contribution in [0.15, 0.2) is 42.6 Å². The lowest BCUT2D eigenvalue weighted by molar-refractivity contribution is 0.410. The number of aromatic nitrogens is 2. The Labute approximate surface area is 130 Å². The molecule has 0 aliphatic rings. The number of para-hydroxylation sites is 1. The van der Waals surface area contributed by atoms with Crippen LogP contribution in [-0.2, 0) is 6.42 Å². The predicted molar refractivity (Wildman–Crippen MR) is 88.3 cm³/mol. The van der Waals surface area contributed by atoms with E-state index in [-0.39, 0.29) is 6.04 Å². The Morgan fingerprint density at radius 3 is 2.77 bits per heavy atom. The van der Waals surface area contributed by atoms with Gasteiger partial charge in [0, 0.05) is 24.2 Å². The summed E-state index contributed by atoms with van der Waals surface area (Å²) in [6.07, 6.45) is 2.75. The van der Waals surface area contributed by atoms with Gasteiger partial charge >= 0.3 is 0 Å². The molecule has 0 radical (unpaired) electrons. The fourth-order valence-corrected chi connectivity index (χ4v) is 2.86. The van der Waals surface area contributed by atoms with Gasteiger partial charge in [-0.05, 0) is 37.6 Å². The molecule has 22 heavy (non-hydrogen) atoms. The molecule has 114 valence electrons. The Bertz CT molecular complexity index is 805. The average molecular weight is 295 g/mol. The van der Waals surface area contributed by atoms with E-state index in [1.807, 2.05) is 31.3 Å². The van der Waals surface area contributed by atoms with Gasteiger partial charge in [0.15, 0.2) is 0 Å². The van der Waals surface area contributed by atoms with Gasteiger partial charge in [-0.15, -0.1) is 0 Å². The summed E-state index contributed by atoms with van der Waals surface area (Å²) in [5.41, 5.74) is 11.5. The topological polar surface area (TPSA) is 52.5 Å². The third-order valence-corrected chi connectivity index (χ3v) is 3.88. The van der Waals surface area contributed by atoms with Crippen molar-refractivity contribution in [1.29, 1.82) is 0 Å². The van der Waals surface area contributed by atoms with Gasteiger partial charge in [-0.3, -0.25) is 0 Å². The second kappa shape index (κ2) is 5.81. The molecule has 3 aromatic rings. The van der Waals surface area contributed by atoms with Crippen molar-refractivity contribution in [3.8, 4) is 5.75 Å². The van der Waals surface area contributed by atoms with Crippen molar-refractivity contribution in [2.75, 3.05) is 7.11 Å². The standard InChI is InChI=1S/C18H21N3O/c1-12-8-9-21-17(10-12)20-15(18(21)13(2)19)11-14-6-4-5-7-16(14)22-3/h4-10,13H,11,19H2,1-3H3. The fourth-order valence-electron chi connectivity index (χ4n) is 2.86. The molecule has 4 heteroatoms. The quantitative estimate of drug-likeness (QED) is 0.803. The third-order valence-electron chi connectivity index (χ3n) is 3.88. The number of pyridine rings is 1. The number of methoxy groups -OCH3 is 1. The maximum Gasteiger partial charge on any atom is 0.137 e. The van der Waals surface area contributed by atoms with Crippen LogP contribution in [0.3, 0.4) is 0 Å². The van der Waals surface area contributed by atoms with Crippen molar-refractivity contribution < 1.29 is 4.74 Å². The van der Waals surface area contributed by atoms with Gasteiger partial charge in [-0.25, -0.2) is 4.98 Å². The molecule has 2 heterocycles. The Hall–Kier alpha value is -2.33. The van der Waals surface area contributed by atoms with Crippen LogP contribution >= 0.6 is 0 Å². The van der Waals surface area contributed by atoms with E-state index in [0.717, 1.165) is 28.3 Å². The average Bonchev–Trinajstić information content (AvgIpc) is 2.84. The number of rotatable bonds is 4. The highest BCUT2D eigenvalue weighted by Crippen LogP contribution is 2.25. The number of ether oxygens (including phenoxy) is 1. The van der Waals surface area contributed by atoms with Gasteiger partial charge in [0.1, 0.15) is 11.4 Å². The van der Waals surface area contributed by atoms with Crippen LogP contribution in [0.25, 0.3) is 5.65 Å². The molecule has 1 atom stereocenters. The smallest absolute Gasteiger partial charge is 0.137 e. The molecule has 2 aromatic heterocycles. The van der Waals surface area contributed by atoms with E-state index in [0.29, 0.717) is 6.42 Å². The summed E-state index contributed by atoms with van der Waals surface area (Å²) in [6, 6.07) is 12.1. The van der Waals surface area contributed by atoms with Crippen molar-refractivity contribution in [1.82, 2.24) is 9.38 Å². The van der Waals surface area contributed by atoms with E-state index >= 15 is 0 Å². The summed E-state index contributed by atoms with van der Waals surface area (Å²) < 4.78 is 7.53.